The number of ether oxygens (including phenoxy) is 2. The molecule has 0 bridgehead atoms. The number of methoxy groups -OCH3 is 1. The topological polar surface area (TPSA) is 38.7 Å². The van der Waals surface area contributed by atoms with Gasteiger partial charge in [-0.2, -0.15) is 0 Å². The van der Waals surface area contributed by atoms with Gasteiger partial charge in [-0.15, -0.1) is 0 Å². The van der Waals surface area contributed by atoms with Gasteiger partial charge in [-0.05, 0) is 25.0 Å². The summed E-state index contributed by atoms with van der Waals surface area (Å²) in [5.74, 6) is 1.56. The van der Waals surface area contributed by atoms with Crippen LogP contribution in [0.25, 0.3) is 0 Å². The van der Waals surface area contributed by atoms with Crippen molar-refractivity contribution in [2.45, 2.75) is 76.9 Å². The Morgan fingerprint density at radius 1 is 1.14 bits per heavy atom. The van der Waals surface area contributed by atoms with Crippen LogP contribution in [0, 0.1) is 0 Å². The summed E-state index contributed by atoms with van der Waals surface area (Å²) < 4.78 is 11.3. The van der Waals surface area contributed by atoms with Crippen molar-refractivity contribution in [3.05, 3.63) is 23.8 Å². The summed E-state index contributed by atoms with van der Waals surface area (Å²) >= 11 is 0. The molecule has 1 aliphatic rings. The Morgan fingerprint density at radius 3 is 2.59 bits per heavy atom. The molecule has 3 heteroatoms. The van der Waals surface area contributed by atoms with Crippen LogP contribution in [0.2, 0.25) is 0 Å². The Labute approximate surface area is 134 Å². The summed E-state index contributed by atoms with van der Waals surface area (Å²) in [5, 5.41) is 10.3. The summed E-state index contributed by atoms with van der Waals surface area (Å²) in [5.41, 5.74) is 0.886. The average Bonchev–Trinajstić information content (AvgIpc) is 2.53. The maximum absolute atomic E-state index is 10.3. The highest BCUT2D eigenvalue weighted by molar-refractivity contribution is 5.43. The van der Waals surface area contributed by atoms with E-state index in [-0.39, 0.29) is 6.10 Å². The van der Waals surface area contributed by atoms with Crippen LogP contribution < -0.4 is 9.47 Å². The fourth-order valence-electron chi connectivity index (χ4n) is 3.13. The van der Waals surface area contributed by atoms with Gasteiger partial charge in [0.25, 0.3) is 0 Å². The molecule has 0 saturated heterocycles. The summed E-state index contributed by atoms with van der Waals surface area (Å²) in [4.78, 5) is 0. The van der Waals surface area contributed by atoms with Crippen molar-refractivity contribution in [3.63, 3.8) is 0 Å². The van der Waals surface area contributed by atoms with Crippen LogP contribution in [0.3, 0.4) is 0 Å². The third kappa shape index (κ3) is 4.91. The lowest BCUT2D eigenvalue weighted by atomic mass is 9.95. The highest BCUT2D eigenvalue weighted by Gasteiger charge is 2.26. The molecule has 1 heterocycles. The van der Waals surface area contributed by atoms with E-state index in [9.17, 15) is 5.11 Å². The van der Waals surface area contributed by atoms with Gasteiger partial charge in [0.05, 0.1) is 13.2 Å². The normalized spacial score (nSPS) is 20.3. The molecule has 2 rings (SSSR count). The predicted molar refractivity (Wildman–Crippen MR) is 89.6 cm³/mol. The lowest BCUT2D eigenvalue weighted by molar-refractivity contribution is 0.0602. The highest BCUT2D eigenvalue weighted by Crippen LogP contribution is 2.38. The van der Waals surface area contributed by atoms with Crippen LogP contribution in [0.1, 0.15) is 76.4 Å². The third-order valence-electron chi connectivity index (χ3n) is 4.49. The Bertz CT molecular complexity index is 444. The Morgan fingerprint density at radius 2 is 1.86 bits per heavy atom. The molecule has 1 aromatic carbocycles. The Kier molecular flexibility index (Phi) is 7.04. The first kappa shape index (κ1) is 17.1. The van der Waals surface area contributed by atoms with Crippen LogP contribution >= 0.6 is 0 Å². The second kappa shape index (κ2) is 9.04. The summed E-state index contributed by atoms with van der Waals surface area (Å²) in [6.07, 6.45) is 10.6. The Hall–Kier alpha value is -1.22. The van der Waals surface area contributed by atoms with Gasteiger partial charge in [-0.3, -0.25) is 0 Å². The lowest BCUT2D eigenvalue weighted by Gasteiger charge is -2.30. The molecule has 1 aromatic rings. The van der Waals surface area contributed by atoms with Gasteiger partial charge in [0.1, 0.15) is 17.6 Å². The van der Waals surface area contributed by atoms with E-state index in [2.05, 4.69) is 6.92 Å². The fraction of sp³-hybridized carbons (Fsp3) is 0.684. The van der Waals surface area contributed by atoms with E-state index in [0.29, 0.717) is 6.42 Å². The van der Waals surface area contributed by atoms with Crippen LogP contribution in [0.4, 0.5) is 0 Å². The molecular formula is C19H30O3. The lowest BCUT2D eigenvalue weighted by Crippen LogP contribution is -2.25. The quantitative estimate of drug-likeness (QED) is 0.651. The van der Waals surface area contributed by atoms with E-state index in [1.54, 1.807) is 7.11 Å². The number of rotatable bonds is 9. The third-order valence-corrected chi connectivity index (χ3v) is 4.49. The molecule has 1 N–H and O–H groups in total. The molecular weight excluding hydrogens is 276 g/mol. The monoisotopic (exact) mass is 306 g/mol. The van der Waals surface area contributed by atoms with Gasteiger partial charge < -0.3 is 14.6 Å². The summed E-state index contributed by atoms with van der Waals surface area (Å²) in [6, 6.07) is 5.67. The molecule has 0 aromatic heterocycles. The van der Waals surface area contributed by atoms with Crippen LogP contribution in [-0.2, 0) is 0 Å². The molecule has 2 atom stereocenters. The van der Waals surface area contributed by atoms with E-state index in [0.717, 1.165) is 23.5 Å². The largest absolute Gasteiger partial charge is 0.497 e. The van der Waals surface area contributed by atoms with Gasteiger partial charge in [0.2, 0.25) is 0 Å². The first-order valence-electron chi connectivity index (χ1n) is 8.77. The maximum Gasteiger partial charge on any atom is 0.129 e. The number of aliphatic hydroxyl groups is 1. The van der Waals surface area contributed by atoms with Crippen molar-refractivity contribution >= 4 is 0 Å². The number of benzene rings is 1. The van der Waals surface area contributed by atoms with Gasteiger partial charge in [-0.1, -0.05) is 45.4 Å². The number of aliphatic hydroxyl groups excluding tert-OH is 1. The van der Waals surface area contributed by atoms with E-state index >= 15 is 0 Å². The zero-order valence-corrected chi connectivity index (χ0v) is 14.0. The molecule has 0 radical (unpaired) electrons. The maximum atomic E-state index is 10.3. The van der Waals surface area contributed by atoms with Crippen LogP contribution in [-0.4, -0.2) is 18.3 Å². The predicted octanol–water partition coefficient (Wildman–Crippen LogP) is 5.02. The molecule has 22 heavy (non-hydrogen) atoms. The van der Waals surface area contributed by atoms with Crippen molar-refractivity contribution < 1.29 is 14.6 Å². The van der Waals surface area contributed by atoms with Gasteiger partial charge in [-0.25, -0.2) is 0 Å². The minimum absolute atomic E-state index is 0.130. The zero-order chi connectivity index (χ0) is 15.8. The van der Waals surface area contributed by atoms with Crippen molar-refractivity contribution in [2.24, 2.45) is 0 Å². The summed E-state index contributed by atoms with van der Waals surface area (Å²) in [6.45, 7) is 2.25. The van der Waals surface area contributed by atoms with Gasteiger partial charge >= 0.3 is 0 Å². The molecule has 3 nitrogen and oxygen atoms in total. The minimum Gasteiger partial charge on any atom is -0.497 e. The average molecular weight is 306 g/mol. The molecule has 0 saturated carbocycles. The van der Waals surface area contributed by atoms with Crippen molar-refractivity contribution in [1.82, 2.24) is 0 Å². The standard InChI is InChI=1S/C19H30O3/c1-3-4-5-6-7-8-9-10-16-13-18(20)17-12-11-15(21-2)14-19(17)22-16/h11-12,14,16,18,20H,3-10,13H2,1-2H3. The number of hydrogen-bond acceptors (Lipinski definition) is 3. The molecule has 2 unspecified atom stereocenters. The number of fused-ring (bicyclic) bond motifs is 1. The van der Waals surface area contributed by atoms with E-state index in [1.165, 1.54) is 44.9 Å². The van der Waals surface area contributed by atoms with Crippen molar-refractivity contribution in [3.8, 4) is 11.5 Å². The first-order valence-corrected chi connectivity index (χ1v) is 8.77. The Balaban J connectivity index is 1.75. The zero-order valence-electron chi connectivity index (χ0n) is 14.0. The minimum atomic E-state index is -0.413. The first-order chi connectivity index (χ1) is 10.7. The van der Waals surface area contributed by atoms with E-state index in [1.807, 2.05) is 18.2 Å². The summed E-state index contributed by atoms with van der Waals surface area (Å²) in [7, 11) is 1.65. The highest BCUT2D eigenvalue weighted by atomic mass is 16.5. The second-order valence-electron chi connectivity index (χ2n) is 6.31. The smallest absolute Gasteiger partial charge is 0.129 e. The fourth-order valence-corrected chi connectivity index (χ4v) is 3.13. The van der Waals surface area contributed by atoms with Gasteiger partial charge in [0.15, 0.2) is 0 Å². The number of hydrogen-bond donors (Lipinski definition) is 1. The van der Waals surface area contributed by atoms with E-state index in [4.69, 9.17) is 9.47 Å². The van der Waals surface area contributed by atoms with Crippen LogP contribution in [0.5, 0.6) is 11.5 Å². The molecule has 0 spiro atoms. The SMILES string of the molecule is CCCCCCCCCC1CC(O)c2ccc(OC)cc2O1. The molecule has 0 aliphatic carbocycles. The molecule has 1 aliphatic heterocycles. The molecule has 0 fully saturated rings. The van der Waals surface area contributed by atoms with Crippen molar-refractivity contribution in [2.75, 3.05) is 7.11 Å². The number of unbranched alkanes of at least 4 members (excludes halogenated alkanes) is 6. The van der Waals surface area contributed by atoms with Crippen molar-refractivity contribution in [1.29, 1.82) is 0 Å². The van der Waals surface area contributed by atoms with Crippen LogP contribution in [0.15, 0.2) is 18.2 Å². The van der Waals surface area contributed by atoms with Gasteiger partial charge in [0, 0.05) is 18.1 Å². The second-order valence-corrected chi connectivity index (χ2v) is 6.31. The molecule has 124 valence electrons. The molecule has 0 amide bonds. The van der Waals surface area contributed by atoms with E-state index < -0.39 is 6.10 Å².